The number of amides is 18. The van der Waals surface area contributed by atoms with Crippen LogP contribution in [-0.4, -0.2) is 168 Å². The van der Waals surface area contributed by atoms with Crippen molar-refractivity contribution in [2.75, 3.05) is 20.8 Å². The molecule has 18 amide bonds. The zero-order valence-electron chi connectivity index (χ0n) is 77.5. The minimum atomic E-state index is -0.957. The first-order chi connectivity index (χ1) is 60.7. The number of hydrogen-bond donors (Lipinski definition) is 5. The molecule has 6 aromatic rings. The number of piperidine rings is 6. The van der Waals surface area contributed by atoms with Gasteiger partial charge in [0.05, 0.1) is 13.7 Å². The Bertz CT molecular complexity index is 4750. The Hall–Kier alpha value is -9.43. The van der Waals surface area contributed by atoms with Gasteiger partial charge in [-0.3, -0.25) is 89.0 Å². The largest absolute Gasteiger partial charge is 2.00 e. The van der Waals surface area contributed by atoms with Gasteiger partial charge in [0.15, 0.2) is 0 Å². The monoisotopic (exact) mass is 2860 g/mol. The van der Waals surface area contributed by atoms with Gasteiger partial charge in [0.25, 0.3) is 0 Å². The number of halogens is 2. The van der Waals surface area contributed by atoms with Crippen molar-refractivity contribution < 1.29 is 231 Å². The van der Waals surface area contributed by atoms with Crippen molar-refractivity contribution in [2.24, 2.45) is 0 Å². The van der Waals surface area contributed by atoms with Crippen molar-refractivity contribution in [3.8, 4) is 11.5 Å². The van der Waals surface area contributed by atoms with Crippen LogP contribution in [0.2, 0.25) is 0 Å². The number of methoxy groups -OCH3 is 1. The summed E-state index contributed by atoms with van der Waals surface area (Å²) >= 11 is 0. The number of imide groups is 6. The van der Waals surface area contributed by atoms with Gasteiger partial charge in [-0.15, -0.1) is 178 Å². The molecular weight excluding hydrogens is 2750 g/mol. The molecule has 6 aromatic carbocycles. The van der Waals surface area contributed by atoms with Crippen LogP contribution in [0.5, 0.6) is 11.5 Å². The molecule has 0 bridgehead atoms. The Balaban J connectivity index is -0.000000352. The van der Waals surface area contributed by atoms with E-state index in [0.717, 1.165) is 22.1 Å². The van der Waals surface area contributed by atoms with Crippen LogP contribution in [0.4, 0.5) is 8.78 Å². The van der Waals surface area contributed by atoms with E-state index >= 15 is 0 Å². The number of carbonyl (C=O) groups is 18. The molecule has 32 nitrogen and oxygen atoms in total. The molecule has 6 aliphatic heterocycles. The Morgan fingerprint density at radius 2 is 0.759 bits per heavy atom. The maximum atomic E-state index is 13.1. The fourth-order valence-electron chi connectivity index (χ4n) is 10.9. The minimum Gasteiger partial charge on any atom is -0.684 e. The van der Waals surface area contributed by atoms with Crippen LogP contribution in [0.25, 0.3) is 31.9 Å². The normalized spacial score (nSPS) is 16.6. The third-order valence-corrected chi connectivity index (χ3v) is 16.9. The van der Waals surface area contributed by atoms with E-state index in [9.17, 15) is 95.1 Å². The number of rotatable bonds is 16. The molecule has 0 radical (unpaired) electrons. The van der Waals surface area contributed by atoms with Crippen LogP contribution >= 0.6 is 0 Å². The van der Waals surface area contributed by atoms with E-state index in [2.05, 4.69) is 94.9 Å². The average molecular weight is 2860 g/mol. The van der Waals surface area contributed by atoms with E-state index in [1.165, 1.54) is 32.4 Å². The van der Waals surface area contributed by atoms with Crippen molar-refractivity contribution in [1.29, 1.82) is 0 Å². The fourth-order valence-corrected chi connectivity index (χ4v) is 10.9. The fraction of sp³-hybridized carbons (Fsp3) is 0.419. The molecule has 0 aromatic heterocycles. The predicted molar refractivity (Wildman–Crippen MR) is 469 cm³/mol. The van der Waals surface area contributed by atoms with Crippen molar-refractivity contribution in [3.63, 3.8) is 0 Å². The molecule has 6 heterocycles. The minimum absolute atomic E-state index is 0. The molecule has 6 aliphatic rings. The standard InChI is InChI=1S/C15H17N2O3.C14H15N2O4.C13H12FN2O4.C13H12FN2O3.2C13H13N2O3.6C2H6.6W/c1-9(2)10-4-3-5-11(8-10)14(19)16-12-6-7-13(18)17-15(12)20;1-2-20-10-5-3-4-9(8-10)13(18)15-11-6-7-12(17)16-14(11)19;1-20-10-4-2-7(14)6-8(10)12(18)15-9-3-5-11(17)16-13(9)19;1-7-4-8(6-9(14)5-7)12(18)15-10-2-3-11(17)16-13(10)19;1-8-3-2-4-9(7-8)12(17)14-10-5-6-11(16)15-13(10)18;1-15-11(16)8-7-10(13(15)18)14-12(17)9-5-3-2-4-6-9;6*1-2;;;;;;/h3-5,9,12H,6-7H2,1-2H3,(H2,16,17,18,19,20);3-5,11H,2,6-7H2,1H3,(H2,15,16,17,18,19);2,4,9H,3,5H2,1H3,(H2,15,16,17,18,19);4-5,10H,2-3H2,1H3,(H2,15,16,17,18,19);2-3,7,10H,5-6H2,1H3,(H2,14,15,16,17,18);2-5,10H,7-8H2,1H3,(H,14,17);6*1-2H3;;;;;;/q6*-1;;;;;;;6*+2/p-6/t;;9-;;10-;;;;;;;;;;;;;/m..1.1............./s1. The van der Waals surface area contributed by atoms with Crippen LogP contribution in [-0.2, 0) is 184 Å². The molecule has 0 saturated carbocycles. The first kappa shape index (κ1) is 134. The molecule has 133 heavy (non-hydrogen) atoms. The summed E-state index contributed by atoms with van der Waals surface area (Å²) in [5.41, 5.74) is 3.45. The van der Waals surface area contributed by atoms with Crippen LogP contribution in [0.15, 0.2) is 103 Å². The molecule has 6 atom stereocenters. The zero-order valence-corrected chi connectivity index (χ0v) is 95.2. The number of ether oxygens (including phenoxy) is 2. The average Bonchev–Trinajstić information content (AvgIpc) is 0.855. The number of likely N-dealkylation sites (tertiary alicyclic amines) is 1. The Morgan fingerprint density at radius 1 is 0.398 bits per heavy atom. The zero-order chi connectivity index (χ0) is 96.2. The van der Waals surface area contributed by atoms with E-state index < -0.39 is 125 Å². The summed E-state index contributed by atoms with van der Waals surface area (Å²) in [6.45, 7) is 33.8. The first-order valence-electron chi connectivity index (χ1n) is 41.8. The van der Waals surface area contributed by atoms with Crippen molar-refractivity contribution in [3.05, 3.63) is 233 Å². The molecule has 0 aliphatic carbocycles. The first-order valence-corrected chi connectivity index (χ1v) is 41.8. The summed E-state index contributed by atoms with van der Waals surface area (Å²) in [6.07, 6.45) is 2.53. The van der Waals surface area contributed by atoms with Gasteiger partial charge in [0.1, 0.15) is 0 Å². The number of carbonyl (C=O) groups excluding carboxylic acids is 18. The molecule has 6 fully saturated rings. The number of benzene rings is 6. The van der Waals surface area contributed by atoms with Gasteiger partial charge in [0, 0.05) is 68.7 Å². The second kappa shape index (κ2) is 73.9. The second-order valence-corrected chi connectivity index (χ2v) is 26.0. The summed E-state index contributed by atoms with van der Waals surface area (Å²) in [5.74, 6) is -9.21. The molecule has 40 heteroatoms. The SMILES string of the molecule is CC.CC.CC.CC.CC.CC.CC(C)c1[c-]c(C(=O)[N-]C2CCC(=O)NC2=O)ccc1.CCOc1[c-]c(C(=O)[N-]C2CCC(=O)NC2=O)ccc1.CN1C(=O)CCC([N-]C(=O)c2[c-]cccc2)C1=O.COc1ccc(F)[c-]c1C(=O)[N-][C@@H]1CCC(=O)NC1=O.Cc1cc(F)[c-]c(C(=O)[N-]C2CCC(=O)NC2=O)c1.Cc1cc[c-]c(C(=O)[N-][C@@H]2CCC(=O)NC2=O)c1.[W+2].[W+2].[W+2].[W+2].[W+2].[W+2]. The molecule has 4 unspecified atom stereocenters. The van der Waals surface area contributed by atoms with Crippen molar-refractivity contribution in [1.82, 2.24) is 31.5 Å². The van der Waals surface area contributed by atoms with E-state index in [1.54, 1.807) is 73.7 Å². The summed E-state index contributed by atoms with van der Waals surface area (Å²) in [5, 5.41) is 33.5. The van der Waals surface area contributed by atoms with Crippen LogP contribution in [0.3, 0.4) is 0 Å². The number of hydrogen-bond acceptors (Lipinski definition) is 20. The maximum Gasteiger partial charge on any atom is 2.00 e. The predicted octanol–water partition coefficient (Wildman–Crippen LogP) is 13.7. The van der Waals surface area contributed by atoms with Crippen LogP contribution in [0, 0.1) is 61.9 Å². The smallest absolute Gasteiger partial charge is 0.684 e. The van der Waals surface area contributed by atoms with Crippen LogP contribution < -0.4 is 36.1 Å². The number of nitrogens with one attached hydrogen (secondary N) is 5. The van der Waals surface area contributed by atoms with Gasteiger partial charge < -0.3 is 70.1 Å². The Labute approximate surface area is 863 Å². The summed E-state index contributed by atoms with van der Waals surface area (Å²) in [6, 6.07) is 37.9. The van der Waals surface area contributed by atoms with E-state index in [1.807, 2.05) is 123 Å². The third-order valence-electron chi connectivity index (χ3n) is 16.9. The number of aryl methyl sites for hydroxylation is 2. The number of nitrogens with zero attached hydrogens (tertiary/aromatic N) is 7. The molecule has 714 valence electrons. The van der Waals surface area contributed by atoms with E-state index in [0.29, 0.717) is 41.0 Å². The Kier molecular flexibility index (Phi) is 74.6. The molecule has 0 spiro atoms. The van der Waals surface area contributed by atoms with E-state index in [4.69, 9.17) is 9.47 Å². The van der Waals surface area contributed by atoms with Gasteiger partial charge in [-0.2, -0.15) is 0 Å². The molecule has 6 saturated heterocycles. The summed E-state index contributed by atoms with van der Waals surface area (Å²) < 4.78 is 36.4. The van der Waals surface area contributed by atoms with Gasteiger partial charge in [-0.25, -0.2) is 8.78 Å². The second-order valence-electron chi connectivity index (χ2n) is 26.0. The maximum absolute atomic E-state index is 13.1. The summed E-state index contributed by atoms with van der Waals surface area (Å²) in [4.78, 5) is 208. The quantitative estimate of drug-likeness (QED) is 0.0444. The molecule has 12 rings (SSSR count). The van der Waals surface area contributed by atoms with Gasteiger partial charge in [0.2, 0.25) is 70.9 Å². The van der Waals surface area contributed by atoms with Gasteiger partial charge in [-0.05, 0) is 123 Å². The molecule has 5 N–H and O–H groups in total. The molecular formula is C93H112F2N12O20W6. The topological polar surface area (TPSA) is 474 Å². The van der Waals surface area contributed by atoms with Gasteiger partial charge in [-0.1, -0.05) is 122 Å². The van der Waals surface area contributed by atoms with Crippen LogP contribution in [0.1, 0.15) is 266 Å². The van der Waals surface area contributed by atoms with E-state index in [-0.39, 0.29) is 255 Å². The third kappa shape index (κ3) is 48.0. The van der Waals surface area contributed by atoms with Crippen molar-refractivity contribution >= 4 is 106 Å². The number of likely N-dealkylation sites (N-methyl/N-ethyl adjacent to an activating group) is 1. The van der Waals surface area contributed by atoms with Crippen molar-refractivity contribution in [2.45, 2.75) is 237 Å². The Morgan fingerprint density at radius 3 is 1.14 bits per heavy atom. The van der Waals surface area contributed by atoms with Gasteiger partial charge >= 0.3 is 126 Å². The summed E-state index contributed by atoms with van der Waals surface area (Å²) in [7, 11) is 2.73.